The predicted octanol–water partition coefficient (Wildman–Crippen LogP) is 3.98. The number of hydrogen-bond acceptors (Lipinski definition) is 2. The SMILES string of the molecule is CN(C(=O)Cc1cccc(F)c1)[C@@H]1CCCC[C@H]1N(C)C(=O)Cc1cccc(F)c1. The van der Waals surface area contributed by atoms with Crippen molar-refractivity contribution in [3.63, 3.8) is 0 Å². The van der Waals surface area contributed by atoms with Gasteiger partial charge in [-0.2, -0.15) is 0 Å². The van der Waals surface area contributed by atoms with Gasteiger partial charge in [-0.05, 0) is 48.2 Å². The van der Waals surface area contributed by atoms with E-state index in [4.69, 9.17) is 0 Å². The van der Waals surface area contributed by atoms with Crippen LogP contribution in [0, 0.1) is 11.6 Å². The largest absolute Gasteiger partial charge is 0.340 e. The van der Waals surface area contributed by atoms with Gasteiger partial charge in [-0.3, -0.25) is 9.59 Å². The zero-order valence-electron chi connectivity index (χ0n) is 17.5. The first kappa shape index (κ1) is 21.9. The van der Waals surface area contributed by atoms with Crippen molar-refractivity contribution in [2.75, 3.05) is 14.1 Å². The molecule has 30 heavy (non-hydrogen) atoms. The van der Waals surface area contributed by atoms with Crippen molar-refractivity contribution < 1.29 is 18.4 Å². The Balaban J connectivity index is 1.68. The highest BCUT2D eigenvalue weighted by molar-refractivity contribution is 5.80. The number of rotatable bonds is 6. The average Bonchev–Trinajstić information content (AvgIpc) is 2.72. The molecule has 4 nitrogen and oxygen atoms in total. The van der Waals surface area contributed by atoms with Gasteiger partial charge < -0.3 is 9.80 Å². The van der Waals surface area contributed by atoms with E-state index in [-0.39, 0.29) is 48.4 Å². The average molecular weight is 414 g/mol. The number of hydrogen-bond donors (Lipinski definition) is 0. The molecule has 1 aliphatic rings. The van der Waals surface area contributed by atoms with E-state index in [2.05, 4.69) is 0 Å². The lowest BCUT2D eigenvalue weighted by Gasteiger charge is -2.42. The van der Waals surface area contributed by atoms with Gasteiger partial charge in [0, 0.05) is 14.1 Å². The molecule has 2 amide bonds. The number of nitrogens with zero attached hydrogens (tertiary/aromatic N) is 2. The summed E-state index contributed by atoms with van der Waals surface area (Å²) in [5, 5.41) is 0. The summed E-state index contributed by atoms with van der Waals surface area (Å²) in [6.45, 7) is 0. The first-order valence-corrected chi connectivity index (χ1v) is 10.4. The number of halogens is 2. The van der Waals surface area contributed by atoms with Crippen molar-refractivity contribution in [2.45, 2.75) is 50.6 Å². The second kappa shape index (κ2) is 9.83. The van der Waals surface area contributed by atoms with Crippen LogP contribution in [-0.4, -0.2) is 47.8 Å². The van der Waals surface area contributed by atoms with E-state index in [1.165, 1.54) is 24.3 Å². The first-order chi connectivity index (χ1) is 14.3. The Labute approximate surface area is 176 Å². The summed E-state index contributed by atoms with van der Waals surface area (Å²) in [7, 11) is 3.52. The number of amides is 2. The maximum absolute atomic E-state index is 13.4. The molecule has 1 fully saturated rings. The van der Waals surface area contributed by atoms with Crippen molar-refractivity contribution in [1.82, 2.24) is 9.80 Å². The van der Waals surface area contributed by atoms with Crippen LogP contribution in [0.5, 0.6) is 0 Å². The smallest absolute Gasteiger partial charge is 0.227 e. The molecule has 1 aliphatic carbocycles. The molecular formula is C24H28F2N2O2. The molecular weight excluding hydrogens is 386 g/mol. The summed E-state index contributed by atoms with van der Waals surface area (Å²) in [5.74, 6) is -0.908. The summed E-state index contributed by atoms with van der Waals surface area (Å²) in [5.41, 5.74) is 1.27. The Morgan fingerprint density at radius 2 is 1.20 bits per heavy atom. The molecule has 0 aliphatic heterocycles. The van der Waals surface area contributed by atoms with Gasteiger partial charge >= 0.3 is 0 Å². The van der Waals surface area contributed by atoms with Crippen molar-refractivity contribution >= 4 is 11.8 Å². The van der Waals surface area contributed by atoms with Crippen molar-refractivity contribution in [1.29, 1.82) is 0 Å². The lowest BCUT2D eigenvalue weighted by molar-refractivity contribution is -0.139. The Hall–Kier alpha value is -2.76. The number of carbonyl (C=O) groups is 2. The molecule has 0 radical (unpaired) electrons. The summed E-state index contributed by atoms with van der Waals surface area (Å²) in [6, 6.07) is 11.9. The molecule has 0 aromatic heterocycles. The molecule has 0 unspecified atom stereocenters. The summed E-state index contributed by atoms with van der Waals surface area (Å²) in [6.07, 6.45) is 3.85. The van der Waals surface area contributed by atoms with Crippen LogP contribution in [-0.2, 0) is 22.4 Å². The zero-order valence-corrected chi connectivity index (χ0v) is 17.5. The van der Waals surface area contributed by atoms with Gasteiger partial charge in [-0.1, -0.05) is 37.1 Å². The van der Waals surface area contributed by atoms with E-state index >= 15 is 0 Å². The van der Waals surface area contributed by atoms with Crippen molar-refractivity contribution in [2.24, 2.45) is 0 Å². The highest BCUT2D eigenvalue weighted by atomic mass is 19.1. The van der Waals surface area contributed by atoms with Crippen molar-refractivity contribution in [3.8, 4) is 0 Å². The van der Waals surface area contributed by atoms with Gasteiger partial charge in [0.2, 0.25) is 11.8 Å². The van der Waals surface area contributed by atoms with Crippen LogP contribution in [0.15, 0.2) is 48.5 Å². The third kappa shape index (κ3) is 5.43. The monoisotopic (exact) mass is 414 g/mol. The van der Waals surface area contributed by atoms with E-state index in [9.17, 15) is 18.4 Å². The molecule has 0 saturated heterocycles. The Morgan fingerprint density at radius 1 is 0.800 bits per heavy atom. The molecule has 160 valence electrons. The fourth-order valence-corrected chi connectivity index (χ4v) is 4.26. The normalized spacial score (nSPS) is 18.7. The van der Waals surface area contributed by atoms with E-state index in [0.29, 0.717) is 11.1 Å². The van der Waals surface area contributed by atoms with Gasteiger partial charge in [-0.15, -0.1) is 0 Å². The van der Waals surface area contributed by atoms with Crippen LogP contribution in [0.25, 0.3) is 0 Å². The maximum atomic E-state index is 13.4. The molecule has 2 aromatic carbocycles. The first-order valence-electron chi connectivity index (χ1n) is 10.4. The number of benzene rings is 2. The molecule has 0 N–H and O–H groups in total. The van der Waals surface area contributed by atoms with E-state index in [1.54, 1.807) is 48.2 Å². The maximum Gasteiger partial charge on any atom is 0.227 e. The van der Waals surface area contributed by atoms with E-state index in [1.807, 2.05) is 0 Å². The Kier molecular flexibility index (Phi) is 7.19. The third-order valence-corrected chi connectivity index (χ3v) is 5.96. The van der Waals surface area contributed by atoms with Crippen LogP contribution < -0.4 is 0 Å². The molecule has 0 spiro atoms. The standard InChI is InChI=1S/C24H28F2N2O2/c1-27(23(29)15-17-7-5-9-19(25)13-17)21-11-3-4-12-22(21)28(2)24(30)16-18-8-6-10-20(26)14-18/h5-10,13-14,21-22H,3-4,11-12,15-16H2,1-2H3/t21-,22-/m1/s1. The van der Waals surface area contributed by atoms with Crippen LogP contribution in [0.3, 0.4) is 0 Å². The van der Waals surface area contributed by atoms with Gasteiger partial charge in [0.1, 0.15) is 11.6 Å². The fourth-order valence-electron chi connectivity index (χ4n) is 4.26. The lowest BCUT2D eigenvalue weighted by Crippen LogP contribution is -2.54. The van der Waals surface area contributed by atoms with E-state index < -0.39 is 0 Å². The topological polar surface area (TPSA) is 40.6 Å². The van der Waals surface area contributed by atoms with Gasteiger partial charge in [0.05, 0.1) is 24.9 Å². The molecule has 6 heteroatoms. The highest BCUT2D eigenvalue weighted by Gasteiger charge is 2.35. The highest BCUT2D eigenvalue weighted by Crippen LogP contribution is 2.27. The molecule has 0 heterocycles. The van der Waals surface area contributed by atoms with E-state index in [0.717, 1.165) is 25.7 Å². The van der Waals surface area contributed by atoms with Gasteiger partial charge in [0.25, 0.3) is 0 Å². The van der Waals surface area contributed by atoms with Gasteiger partial charge in [0.15, 0.2) is 0 Å². The molecule has 2 aromatic rings. The predicted molar refractivity (Wildman–Crippen MR) is 112 cm³/mol. The quantitative estimate of drug-likeness (QED) is 0.718. The molecule has 2 atom stereocenters. The van der Waals surface area contributed by atoms with Crippen LogP contribution >= 0.6 is 0 Å². The molecule has 0 bridgehead atoms. The second-order valence-electron chi connectivity index (χ2n) is 8.04. The zero-order chi connectivity index (χ0) is 21.7. The summed E-state index contributed by atoms with van der Waals surface area (Å²) in [4.78, 5) is 29.1. The second-order valence-corrected chi connectivity index (χ2v) is 8.04. The van der Waals surface area contributed by atoms with Crippen molar-refractivity contribution in [3.05, 3.63) is 71.3 Å². The Bertz CT molecular complexity index is 829. The number of likely N-dealkylation sites (N-methyl/N-ethyl adjacent to an activating group) is 2. The number of carbonyl (C=O) groups excluding carboxylic acids is 2. The summed E-state index contributed by atoms with van der Waals surface area (Å²) < 4.78 is 26.9. The Morgan fingerprint density at radius 3 is 1.57 bits per heavy atom. The molecule has 3 rings (SSSR count). The van der Waals surface area contributed by atoms with Gasteiger partial charge in [-0.25, -0.2) is 8.78 Å². The minimum absolute atomic E-state index is 0.0940. The molecule has 1 saturated carbocycles. The third-order valence-electron chi connectivity index (χ3n) is 5.96. The minimum atomic E-state index is -0.360. The minimum Gasteiger partial charge on any atom is -0.340 e. The summed E-state index contributed by atoms with van der Waals surface area (Å²) >= 11 is 0. The lowest BCUT2D eigenvalue weighted by atomic mass is 9.87. The van der Waals surface area contributed by atoms with Crippen LogP contribution in [0.2, 0.25) is 0 Å². The van der Waals surface area contributed by atoms with Crippen LogP contribution in [0.4, 0.5) is 8.78 Å². The fraction of sp³-hybridized carbons (Fsp3) is 0.417. The van der Waals surface area contributed by atoms with Crippen LogP contribution in [0.1, 0.15) is 36.8 Å².